The maximum absolute atomic E-state index is 11.2. The summed E-state index contributed by atoms with van der Waals surface area (Å²) in [4.78, 5) is 16.9. The molecule has 1 heterocycles. The predicted octanol–water partition coefficient (Wildman–Crippen LogP) is 3.21. The number of nitrogens with one attached hydrogen (secondary N) is 2. The highest BCUT2D eigenvalue weighted by Gasteiger charge is 2.27. The summed E-state index contributed by atoms with van der Waals surface area (Å²) in [6.07, 6.45) is 8.02. The van der Waals surface area contributed by atoms with Crippen molar-refractivity contribution >= 4 is 22.9 Å². The maximum atomic E-state index is 11.2. The number of nitrogens with zero attached hydrogens (tertiary/aromatic N) is 1. The van der Waals surface area contributed by atoms with E-state index in [1.165, 1.54) is 28.2 Å². The molecule has 1 unspecified atom stereocenters. The van der Waals surface area contributed by atoms with E-state index >= 15 is 0 Å². The van der Waals surface area contributed by atoms with Gasteiger partial charge in [-0.05, 0) is 53.7 Å². The molecule has 0 saturated heterocycles. The van der Waals surface area contributed by atoms with Gasteiger partial charge in [0.1, 0.15) is 0 Å². The number of aliphatic hydroxyl groups is 1. The second-order valence-electron chi connectivity index (χ2n) is 7.69. The zero-order chi connectivity index (χ0) is 20.9. The fourth-order valence-corrected chi connectivity index (χ4v) is 4.46. The fraction of sp³-hybridized carbons (Fsp3) is 0.292. The van der Waals surface area contributed by atoms with Gasteiger partial charge in [-0.2, -0.15) is 0 Å². The lowest BCUT2D eigenvalue weighted by Crippen LogP contribution is -2.32. The molecule has 30 heavy (non-hydrogen) atoms. The number of H-pyrrole nitrogens is 1. The molecule has 1 aromatic heterocycles. The summed E-state index contributed by atoms with van der Waals surface area (Å²) in [6.45, 7) is 1.66. The highest BCUT2D eigenvalue weighted by Crippen LogP contribution is 2.36. The minimum absolute atomic E-state index is 0.136. The largest absolute Gasteiger partial charge is 0.395 e. The molecule has 1 aliphatic carbocycles. The molecule has 1 atom stereocenters. The van der Waals surface area contributed by atoms with Crippen LogP contribution in [-0.2, 0) is 17.6 Å². The Hall–Kier alpha value is -2.93. The van der Waals surface area contributed by atoms with Crippen LogP contribution >= 0.6 is 0 Å². The van der Waals surface area contributed by atoms with Crippen molar-refractivity contribution in [1.82, 2.24) is 15.4 Å². The number of aliphatic hydroxyl groups excluding tert-OH is 1. The first-order chi connectivity index (χ1) is 14.7. The van der Waals surface area contributed by atoms with Crippen molar-refractivity contribution in [2.45, 2.75) is 25.3 Å². The molecule has 2 aromatic carbocycles. The number of aromatic nitrogens is 1. The van der Waals surface area contributed by atoms with Gasteiger partial charge in [-0.25, -0.2) is 5.48 Å². The van der Waals surface area contributed by atoms with Gasteiger partial charge in [-0.3, -0.25) is 14.9 Å². The normalized spacial score (nSPS) is 15.9. The third kappa shape index (κ3) is 4.31. The molecule has 6 heteroatoms. The number of carbonyl (C=O) groups excluding carboxylic acids is 1. The van der Waals surface area contributed by atoms with E-state index in [9.17, 15) is 9.90 Å². The number of aryl methyl sites for hydroxylation is 1. The van der Waals surface area contributed by atoms with E-state index in [0.29, 0.717) is 6.54 Å². The van der Waals surface area contributed by atoms with Crippen molar-refractivity contribution < 1.29 is 15.1 Å². The Morgan fingerprint density at radius 3 is 2.93 bits per heavy atom. The Labute approximate surface area is 175 Å². The Morgan fingerprint density at radius 2 is 2.10 bits per heavy atom. The first-order valence-corrected chi connectivity index (χ1v) is 10.3. The Balaban J connectivity index is 1.49. The van der Waals surface area contributed by atoms with E-state index in [0.717, 1.165) is 36.9 Å². The summed E-state index contributed by atoms with van der Waals surface area (Å²) in [5, 5.41) is 19.5. The van der Waals surface area contributed by atoms with Crippen LogP contribution in [-0.4, -0.2) is 45.8 Å². The summed E-state index contributed by atoms with van der Waals surface area (Å²) in [7, 11) is 0. The number of aromatic amines is 1. The van der Waals surface area contributed by atoms with Gasteiger partial charge in [-0.15, -0.1) is 0 Å². The van der Waals surface area contributed by atoms with Gasteiger partial charge >= 0.3 is 0 Å². The molecule has 0 saturated carbocycles. The summed E-state index contributed by atoms with van der Waals surface area (Å²) in [5.41, 5.74) is 7.57. The average molecular weight is 405 g/mol. The summed E-state index contributed by atoms with van der Waals surface area (Å²) < 4.78 is 0. The molecule has 0 radical (unpaired) electrons. The number of hydrogen-bond donors (Lipinski definition) is 4. The number of benzene rings is 2. The maximum Gasteiger partial charge on any atom is 0.267 e. The average Bonchev–Trinajstić information content (AvgIpc) is 3.39. The molecule has 3 aromatic rings. The second kappa shape index (κ2) is 9.26. The molecule has 4 N–H and O–H groups in total. The monoisotopic (exact) mass is 405 g/mol. The molecule has 4 rings (SSSR count). The van der Waals surface area contributed by atoms with Crippen molar-refractivity contribution in [2.75, 3.05) is 19.7 Å². The van der Waals surface area contributed by atoms with Crippen LogP contribution < -0.4 is 5.48 Å². The molecule has 0 bridgehead atoms. The van der Waals surface area contributed by atoms with Gasteiger partial charge in [0.25, 0.3) is 5.91 Å². The number of hydrogen-bond acceptors (Lipinski definition) is 4. The number of amides is 1. The summed E-state index contributed by atoms with van der Waals surface area (Å²) in [6, 6.07) is 14.9. The number of para-hydroxylation sites is 1. The molecule has 1 amide bonds. The van der Waals surface area contributed by atoms with Crippen molar-refractivity contribution in [3.05, 3.63) is 77.0 Å². The van der Waals surface area contributed by atoms with Gasteiger partial charge in [0.15, 0.2) is 0 Å². The molecule has 1 aliphatic rings. The fourth-order valence-electron chi connectivity index (χ4n) is 4.46. The summed E-state index contributed by atoms with van der Waals surface area (Å²) >= 11 is 0. The molecule has 156 valence electrons. The van der Waals surface area contributed by atoms with Crippen molar-refractivity contribution in [3.8, 4) is 0 Å². The first-order valence-electron chi connectivity index (χ1n) is 10.3. The SMILES string of the molecule is O=C(C=Cc1ccc2c(c1)CCC2N(CCO)CCc1c[nH]c2ccccc12)NO. The second-order valence-corrected chi connectivity index (χ2v) is 7.69. The third-order valence-corrected chi connectivity index (χ3v) is 5.92. The standard InChI is InChI=1S/C24H27N3O3/c28-14-13-27(12-11-19-16-25-22-4-2-1-3-20(19)22)23-9-7-18-15-17(5-8-21(18)23)6-10-24(29)26-30/h1-6,8,10,15-16,23,25,28,30H,7,9,11-14H2,(H,26,29). The molecular weight excluding hydrogens is 378 g/mol. The van der Waals surface area contributed by atoms with Crippen molar-refractivity contribution in [3.63, 3.8) is 0 Å². The van der Waals surface area contributed by atoms with Crippen LogP contribution in [0.15, 0.2) is 54.7 Å². The third-order valence-electron chi connectivity index (χ3n) is 5.92. The van der Waals surface area contributed by atoms with Gasteiger partial charge in [0.2, 0.25) is 0 Å². The Bertz CT molecular complexity index is 1060. The van der Waals surface area contributed by atoms with E-state index < -0.39 is 5.91 Å². The lowest BCUT2D eigenvalue weighted by molar-refractivity contribution is -0.124. The predicted molar refractivity (Wildman–Crippen MR) is 117 cm³/mol. The van der Waals surface area contributed by atoms with Crippen LogP contribution in [0.25, 0.3) is 17.0 Å². The van der Waals surface area contributed by atoms with Crippen LogP contribution in [0, 0.1) is 0 Å². The zero-order valence-electron chi connectivity index (χ0n) is 16.8. The minimum atomic E-state index is -0.542. The Morgan fingerprint density at radius 1 is 1.23 bits per heavy atom. The first kappa shape index (κ1) is 20.3. The molecule has 0 spiro atoms. The number of carbonyl (C=O) groups is 1. The highest BCUT2D eigenvalue weighted by atomic mass is 16.5. The van der Waals surface area contributed by atoms with Crippen LogP contribution in [0.2, 0.25) is 0 Å². The zero-order valence-corrected chi connectivity index (χ0v) is 16.8. The number of fused-ring (bicyclic) bond motifs is 2. The van der Waals surface area contributed by atoms with Gasteiger partial charge in [-0.1, -0.05) is 36.4 Å². The van der Waals surface area contributed by atoms with Crippen molar-refractivity contribution in [2.24, 2.45) is 0 Å². The van der Waals surface area contributed by atoms with E-state index in [4.69, 9.17) is 5.21 Å². The quantitative estimate of drug-likeness (QED) is 0.263. The topological polar surface area (TPSA) is 88.6 Å². The highest BCUT2D eigenvalue weighted by molar-refractivity contribution is 5.90. The van der Waals surface area contributed by atoms with Crippen molar-refractivity contribution in [1.29, 1.82) is 0 Å². The van der Waals surface area contributed by atoms with Gasteiger partial charge < -0.3 is 10.1 Å². The van der Waals surface area contributed by atoms with E-state index in [1.54, 1.807) is 11.6 Å². The Kier molecular flexibility index (Phi) is 6.28. The van der Waals surface area contributed by atoms with Crippen LogP contribution in [0.4, 0.5) is 0 Å². The number of hydroxylamine groups is 1. The van der Waals surface area contributed by atoms with Crippen LogP contribution in [0.1, 0.15) is 34.7 Å². The van der Waals surface area contributed by atoms with Gasteiger partial charge in [0, 0.05) is 42.3 Å². The lowest BCUT2D eigenvalue weighted by Gasteiger charge is -2.29. The van der Waals surface area contributed by atoms with Crippen LogP contribution in [0.3, 0.4) is 0 Å². The molecule has 6 nitrogen and oxygen atoms in total. The minimum Gasteiger partial charge on any atom is -0.395 e. The smallest absolute Gasteiger partial charge is 0.267 e. The van der Waals surface area contributed by atoms with Crippen LogP contribution in [0.5, 0.6) is 0 Å². The lowest BCUT2D eigenvalue weighted by atomic mass is 10.0. The van der Waals surface area contributed by atoms with E-state index in [1.807, 2.05) is 12.1 Å². The van der Waals surface area contributed by atoms with E-state index in [-0.39, 0.29) is 12.6 Å². The molecule has 0 fully saturated rings. The van der Waals surface area contributed by atoms with Gasteiger partial charge in [0.05, 0.1) is 6.61 Å². The summed E-state index contributed by atoms with van der Waals surface area (Å²) in [5.74, 6) is -0.542. The molecular formula is C24H27N3O3. The number of rotatable bonds is 8. The van der Waals surface area contributed by atoms with E-state index in [2.05, 4.69) is 46.4 Å². The molecule has 0 aliphatic heterocycles.